The fourth-order valence-electron chi connectivity index (χ4n) is 4.35. The first-order chi connectivity index (χ1) is 12.8. The minimum Gasteiger partial charge on any atom is -0.338 e. The first-order valence-corrected chi connectivity index (χ1v) is 9.56. The van der Waals surface area contributed by atoms with Crippen LogP contribution in [-0.4, -0.2) is 45.3 Å². The van der Waals surface area contributed by atoms with Gasteiger partial charge >= 0.3 is 0 Å². The van der Waals surface area contributed by atoms with Crippen LogP contribution >= 0.6 is 0 Å². The van der Waals surface area contributed by atoms with Gasteiger partial charge in [0.2, 0.25) is 5.91 Å². The summed E-state index contributed by atoms with van der Waals surface area (Å²) >= 11 is 0. The van der Waals surface area contributed by atoms with E-state index in [9.17, 15) is 4.79 Å². The predicted octanol–water partition coefficient (Wildman–Crippen LogP) is 2.88. The second-order valence-electron chi connectivity index (χ2n) is 7.56. The first kappa shape index (κ1) is 17.2. The molecule has 0 aromatic carbocycles. The molecule has 2 aliphatic heterocycles. The van der Waals surface area contributed by atoms with Crippen LogP contribution in [0.25, 0.3) is 0 Å². The summed E-state index contributed by atoms with van der Waals surface area (Å²) in [4.78, 5) is 26.2. The molecule has 5 nitrogen and oxygen atoms in total. The highest BCUT2D eigenvalue weighted by molar-refractivity contribution is 5.84. The van der Waals surface area contributed by atoms with Gasteiger partial charge in [0.25, 0.3) is 0 Å². The molecule has 0 bridgehead atoms. The van der Waals surface area contributed by atoms with Gasteiger partial charge in [-0.1, -0.05) is 6.07 Å². The molecule has 5 heteroatoms. The molecule has 2 aromatic heterocycles. The van der Waals surface area contributed by atoms with E-state index in [1.165, 1.54) is 0 Å². The monoisotopic (exact) mass is 350 g/mol. The van der Waals surface area contributed by atoms with E-state index in [0.29, 0.717) is 12.5 Å². The molecule has 26 heavy (non-hydrogen) atoms. The van der Waals surface area contributed by atoms with Gasteiger partial charge < -0.3 is 4.90 Å². The number of carbonyl (C=O) groups is 1. The maximum Gasteiger partial charge on any atom is 0.229 e. The average Bonchev–Trinajstić information content (AvgIpc) is 2.85. The van der Waals surface area contributed by atoms with Crippen molar-refractivity contribution in [1.82, 2.24) is 19.8 Å². The molecule has 2 fully saturated rings. The zero-order valence-electron chi connectivity index (χ0n) is 15.2. The molecule has 136 valence electrons. The Morgan fingerprint density at radius 3 is 2.58 bits per heavy atom. The standard InChI is InChI=1S/C21H26N4O/c26-20-21(9-15-25(20)16-18-5-11-22-12-6-18)7-3-13-24(14-8-21)17-19-4-1-2-10-23-19/h1-2,4-6,10-12H,3,7-9,13-17H2/t21-/m0/s1. The molecule has 2 aliphatic rings. The van der Waals surface area contributed by atoms with E-state index in [0.717, 1.165) is 63.1 Å². The lowest BCUT2D eigenvalue weighted by Gasteiger charge is -2.27. The van der Waals surface area contributed by atoms with Gasteiger partial charge in [-0.15, -0.1) is 0 Å². The number of rotatable bonds is 4. The summed E-state index contributed by atoms with van der Waals surface area (Å²) < 4.78 is 0. The normalized spacial score (nSPS) is 24.2. The summed E-state index contributed by atoms with van der Waals surface area (Å²) in [5, 5.41) is 0. The fraction of sp³-hybridized carbons (Fsp3) is 0.476. The summed E-state index contributed by atoms with van der Waals surface area (Å²) in [5.74, 6) is 0.356. The Morgan fingerprint density at radius 1 is 0.923 bits per heavy atom. The molecule has 0 unspecified atom stereocenters. The molecule has 0 aliphatic carbocycles. The van der Waals surface area contributed by atoms with Gasteiger partial charge in [-0.05, 0) is 68.6 Å². The van der Waals surface area contributed by atoms with Gasteiger partial charge in [-0.25, -0.2) is 0 Å². The largest absolute Gasteiger partial charge is 0.338 e. The summed E-state index contributed by atoms with van der Waals surface area (Å²) in [5.41, 5.74) is 2.13. The van der Waals surface area contributed by atoms with E-state index >= 15 is 0 Å². The Labute approximate surface area is 155 Å². The third kappa shape index (κ3) is 3.63. The molecule has 1 atom stereocenters. The summed E-state index contributed by atoms with van der Waals surface area (Å²) in [6.07, 6.45) is 9.50. The van der Waals surface area contributed by atoms with Crippen molar-refractivity contribution in [3.8, 4) is 0 Å². The van der Waals surface area contributed by atoms with Crippen molar-refractivity contribution < 1.29 is 4.79 Å². The second-order valence-corrected chi connectivity index (χ2v) is 7.56. The van der Waals surface area contributed by atoms with E-state index in [2.05, 4.69) is 20.9 Å². The SMILES string of the molecule is O=C1N(Cc2ccncc2)CC[C@@]12CCCN(Cc1ccccn1)CC2. The number of hydrogen-bond donors (Lipinski definition) is 0. The molecule has 4 rings (SSSR count). The van der Waals surface area contributed by atoms with Crippen LogP contribution in [0.5, 0.6) is 0 Å². The third-order valence-electron chi connectivity index (χ3n) is 5.87. The molecule has 0 radical (unpaired) electrons. The van der Waals surface area contributed by atoms with Crippen molar-refractivity contribution in [2.24, 2.45) is 5.41 Å². The lowest BCUT2D eigenvalue weighted by atomic mass is 9.79. The van der Waals surface area contributed by atoms with E-state index in [4.69, 9.17) is 0 Å². The highest BCUT2D eigenvalue weighted by atomic mass is 16.2. The zero-order valence-corrected chi connectivity index (χ0v) is 15.2. The van der Waals surface area contributed by atoms with E-state index in [1.54, 1.807) is 12.4 Å². The smallest absolute Gasteiger partial charge is 0.229 e. The molecular formula is C21H26N4O. The molecule has 1 spiro atoms. The van der Waals surface area contributed by atoms with Crippen LogP contribution in [0.15, 0.2) is 48.9 Å². The first-order valence-electron chi connectivity index (χ1n) is 9.56. The van der Waals surface area contributed by atoms with Crippen LogP contribution in [0.2, 0.25) is 0 Å². The van der Waals surface area contributed by atoms with Crippen LogP contribution in [0.3, 0.4) is 0 Å². The average molecular weight is 350 g/mol. The maximum atomic E-state index is 13.2. The van der Waals surface area contributed by atoms with Crippen molar-refractivity contribution in [1.29, 1.82) is 0 Å². The molecule has 2 aromatic rings. The number of likely N-dealkylation sites (tertiary alicyclic amines) is 2. The van der Waals surface area contributed by atoms with E-state index in [-0.39, 0.29) is 5.41 Å². The van der Waals surface area contributed by atoms with Gasteiger partial charge in [0.05, 0.1) is 11.1 Å². The fourth-order valence-corrected chi connectivity index (χ4v) is 4.35. The molecule has 4 heterocycles. The van der Waals surface area contributed by atoms with Crippen molar-refractivity contribution >= 4 is 5.91 Å². The van der Waals surface area contributed by atoms with Crippen molar-refractivity contribution in [2.45, 2.75) is 38.8 Å². The lowest BCUT2D eigenvalue weighted by molar-refractivity contribution is -0.137. The van der Waals surface area contributed by atoms with E-state index in [1.807, 2.05) is 35.4 Å². The molecule has 0 N–H and O–H groups in total. The van der Waals surface area contributed by atoms with Gasteiger partial charge in [0.15, 0.2) is 0 Å². The van der Waals surface area contributed by atoms with Crippen LogP contribution in [0.4, 0.5) is 0 Å². The quantitative estimate of drug-likeness (QED) is 0.851. The predicted molar refractivity (Wildman–Crippen MR) is 100 cm³/mol. The summed E-state index contributed by atoms with van der Waals surface area (Å²) in [6.45, 7) is 4.50. The number of pyridine rings is 2. The van der Waals surface area contributed by atoms with E-state index < -0.39 is 0 Å². The topological polar surface area (TPSA) is 49.3 Å². The number of amides is 1. The highest BCUT2D eigenvalue weighted by Gasteiger charge is 2.46. The van der Waals surface area contributed by atoms with Crippen LogP contribution in [-0.2, 0) is 17.9 Å². The Morgan fingerprint density at radius 2 is 1.77 bits per heavy atom. The van der Waals surface area contributed by atoms with Gasteiger partial charge in [-0.3, -0.25) is 19.7 Å². The molecule has 2 saturated heterocycles. The van der Waals surface area contributed by atoms with Gasteiger partial charge in [-0.2, -0.15) is 0 Å². The Bertz CT molecular complexity index is 736. The molecule has 0 saturated carbocycles. The van der Waals surface area contributed by atoms with Crippen LogP contribution < -0.4 is 0 Å². The van der Waals surface area contributed by atoms with Gasteiger partial charge in [0.1, 0.15) is 0 Å². The minimum atomic E-state index is -0.147. The number of aromatic nitrogens is 2. The Balaban J connectivity index is 1.39. The number of nitrogens with zero attached hydrogens (tertiary/aromatic N) is 4. The van der Waals surface area contributed by atoms with Crippen molar-refractivity contribution in [3.05, 3.63) is 60.2 Å². The van der Waals surface area contributed by atoms with Crippen LogP contribution in [0, 0.1) is 5.41 Å². The Hall–Kier alpha value is -2.27. The maximum absolute atomic E-state index is 13.2. The lowest BCUT2D eigenvalue weighted by Crippen LogP contribution is -2.35. The van der Waals surface area contributed by atoms with Gasteiger partial charge in [0, 0.05) is 38.2 Å². The van der Waals surface area contributed by atoms with Crippen LogP contribution in [0.1, 0.15) is 36.9 Å². The van der Waals surface area contributed by atoms with Crippen molar-refractivity contribution in [3.63, 3.8) is 0 Å². The number of hydrogen-bond acceptors (Lipinski definition) is 4. The summed E-state index contributed by atoms with van der Waals surface area (Å²) in [7, 11) is 0. The minimum absolute atomic E-state index is 0.147. The Kier molecular flexibility index (Phi) is 4.98. The number of carbonyl (C=O) groups excluding carboxylic acids is 1. The van der Waals surface area contributed by atoms with Crippen molar-refractivity contribution in [2.75, 3.05) is 19.6 Å². The molecule has 1 amide bonds. The summed E-state index contributed by atoms with van der Waals surface area (Å²) in [6, 6.07) is 10.1. The zero-order chi connectivity index (χ0) is 17.8. The molecular weight excluding hydrogens is 324 g/mol. The third-order valence-corrected chi connectivity index (χ3v) is 5.87. The highest BCUT2D eigenvalue weighted by Crippen LogP contribution is 2.42. The second kappa shape index (κ2) is 7.54.